The molecular formula is C27H39FN6O3. The molecule has 0 radical (unpaired) electrons. The molecule has 1 aliphatic carbocycles. The van der Waals surface area contributed by atoms with Crippen LogP contribution in [0.2, 0.25) is 0 Å². The van der Waals surface area contributed by atoms with Crippen molar-refractivity contribution in [3.63, 3.8) is 0 Å². The second-order valence-electron chi connectivity index (χ2n) is 11.2. The van der Waals surface area contributed by atoms with Crippen molar-refractivity contribution >= 4 is 29.5 Å². The number of rotatable bonds is 8. The van der Waals surface area contributed by atoms with E-state index < -0.39 is 17.7 Å². The zero-order valence-corrected chi connectivity index (χ0v) is 23.0. The van der Waals surface area contributed by atoms with Gasteiger partial charge in [0.2, 0.25) is 11.9 Å². The predicted molar refractivity (Wildman–Crippen MR) is 142 cm³/mol. The van der Waals surface area contributed by atoms with Gasteiger partial charge in [-0.3, -0.25) is 9.69 Å². The summed E-state index contributed by atoms with van der Waals surface area (Å²) in [6.07, 6.45) is 2.90. The molecule has 1 heterocycles. The third-order valence-electron chi connectivity index (χ3n) is 6.97. The van der Waals surface area contributed by atoms with E-state index in [9.17, 15) is 14.0 Å². The van der Waals surface area contributed by atoms with E-state index in [1.54, 1.807) is 46.9 Å². The molecule has 0 bridgehead atoms. The molecule has 1 aromatic carbocycles. The molecule has 0 aliphatic heterocycles. The fourth-order valence-corrected chi connectivity index (χ4v) is 4.30. The van der Waals surface area contributed by atoms with Gasteiger partial charge in [0.25, 0.3) is 0 Å². The minimum atomic E-state index is -0.646. The molecule has 9 nitrogen and oxygen atoms in total. The number of likely N-dealkylation sites (N-methyl/N-ethyl adjacent to an activating group) is 1. The number of carbonyl (C=O) groups is 2. The minimum Gasteiger partial charge on any atom is -0.444 e. The van der Waals surface area contributed by atoms with Crippen LogP contribution in [-0.4, -0.2) is 58.6 Å². The molecule has 37 heavy (non-hydrogen) atoms. The fraction of sp³-hybridized carbons (Fsp3) is 0.556. The Kier molecular flexibility index (Phi) is 8.29. The number of aromatic nitrogens is 2. The first-order chi connectivity index (χ1) is 17.2. The van der Waals surface area contributed by atoms with Crippen LogP contribution in [0.5, 0.6) is 0 Å². The van der Waals surface area contributed by atoms with Crippen molar-refractivity contribution in [2.45, 2.75) is 77.5 Å². The molecule has 1 aliphatic rings. The van der Waals surface area contributed by atoms with Crippen molar-refractivity contribution < 1.29 is 18.7 Å². The monoisotopic (exact) mass is 514 g/mol. The second-order valence-corrected chi connectivity index (χ2v) is 11.2. The quantitative estimate of drug-likeness (QED) is 0.463. The van der Waals surface area contributed by atoms with E-state index in [0.717, 1.165) is 18.4 Å². The lowest BCUT2D eigenvalue weighted by Gasteiger charge is -2.46. The highest BCUT2D eigenvalue weighted by Gasteiger charge is 2.43. The number of hydrogen-bond donors (Lipinski definition) is 3. The number of anilines is 3. The highest BCUT2D eigenvalue weighted by atomic mass is 19.1. The van der Waals surface area contributed by atoms with E-state index in [4.69, 9.17) is 4.74 Å². The van der Waals surface area contributed by atoms with Gasteiger partial charge in [-0.2, -0.15) is 4.98 Å². The number of halogens is 1. The molecule has 10 heteroatoms. The van der Waals surface area contributed by atoms with Crippen molar-refractivity contribution in [1.82, 2.24) is 20.2 Å². The van der Waals surface area contributed by atoms with Crippen LogP contribution < -0.4 is 16.0 Å². The van der Waals surface area contributed by atoms with Gasteiger partial charge in [0.1, 0.15) is 23.3 Å². The van der Waals surface area contributed by atoms with E-state index in [0.29, 0.717) is 23.4 Å². The molecule has 202 valence electrons. The summed E-state index contributed by atoms with van der Waals surface area (Å²) in [4.78, 5) is 35.5. The number of hydrogen-bond acceptors (Lipinski definition) is 7. The number of amides is 2. The number of ether oxygens (including phenoxy) is 1. The summed E-state index contributed by atoms with van der Waals surface area (Å²) in [7, 11) is 3.38. The predicted octanol–water partition coefficient (Wildman–Crippen LogP) is 4.83. The molecule has 2 amide bonds. The highest BCUT2D eigenvalue weighted by molar-refractivity contribution is 5.85. The van der Waals surface area contributed by atoms with Gasteiger partial charge >= 0.3 is 6.09 Å². The third-order valence-corrected chi connectivity index (χ3v) is 6.97. The van der Waals surface area contributed by atoms with Crippen molar-refractivity contribution in [3.8, 4) is 0 Å². The highest BCUT2D eigenvalue weighted by Crippen LogP contribution is 2.45. The van der Waals surface area contributed by atoms with Crippen molar-refractivity contribution in [1.29, 1.82) is 0 Å². The number of benzene rings is 1. The fourth-order valence-electron chi connectivity index (χ4n) is 4.30. The maximum atomic E-state index is 13.2. The zero-order valence-electron chi connectivity index (χ0n) is 23.0. The zero-order chi connectivity index (χ0) is 27.5. The van der Waals surface area contributed by atoms with Gasteiger partial charge in [0, 0.05) is 37.6 Å². The molecule has 1 aromatic heterocycles. The SMILES string of the molecule is CNc1nc(Nc2ccc(F)cc2)ncc1C(C)(C)C1CC(NC(=O)[C@H](C)N(C)C(=O)OC(C)(C)C)C1. The van der Waals surface area contributed by atoms with Crippen LogP contribution in [0.25, 0.3) is 0 Å². The third kappa shape index (κ3) is 6.87. The topological polar surface area (TPSA) is 108 Å². The second kappa shape index (κ2) is 10.9. The summed E-state index contributed by atoms with van der Waals surface area (Å²) >= 11 is 0. The Balaban J connectivity index is 1.60. The van der Waals surface area contributed by atoms with E-state index >= 15 is 0 Å². The summed E-state index contributed by atoms with van der Waals surface area (Å²) in [6.45, 7) is 11.4. The Hall–Kier alpha value is -3.43. The molecule has 2 aromatic rings. The Morgan fingerprint density at radius 1 is 1.14 bits per heavy atom. The van der Waals surface area contributed by atoms with Crippen LogP contribution in [0.4, 0.5) is 26.6 Å². The average molecular weight is 515 g/mol. The van der Waals surface area contributed by atoms with Crippen molar-refractivity contribution in [3.05, 3.63) is 41.8 Å². The largest absolute Gasteiger partial charge is 0.444 e. The minimum absolute atomic E-state index is 0.0321. The lowest BCUT2D eigenvalue weighted by atomic mass is 9.62. The van der Waals surface area contributed by atoms with E-state index in [1.165, 1.54) is 17.0 Å². The molecule has 3 rings (SSSR count). The molecule has 0 saturated heterocycles. The van der Waals surface area contributed by atoms with E-state index in [2.05, 4.69) is 39.8 Å². The van der Waals surface area contributed by atoms with Crippen LogP contribution >= 0.6 is 0 Å². The van der Waals surface area contributed by atoms with E-state index in [1.807, 2.05) is 13.2 Å². The average Bonchev–Trinajstić information content (AvgIpc) is 2.79. The number of nitrogens with one attached hydrogen (secondary N) is 3. The van der Waals surface area contributed by atoms with Gasteiger partial charge in [-0.25, -0.2) is 14.2 Å². The van der Waals surface area contributed by atoms with Crippen molar-refractivity contribution in [2.75, 3.05) is 24.7 Å². The number of nitrogens with zero attached hydrogens (tertiary/aromatic N) is 3. The maximum absolute atomic E-state index is 13.2. The lowest BCUT2D eigenvalue weighted by molar-refractivity contribution is -0.127. The van der Waals surface area contributed by atoms with Crippen LogP contribution in [0.1, 0.15) is 59.9 Å². The standard InChI is InChI=1S/C27H39FN6O3/c1-16(34(8)25(36)37-26(2,3)4)23(35)31-20-13-17(14-20)27(5,6)21-15-30-24(33-22(21)29-7)32-19-11-9-18(28)10-12-19/h9-12,15-17,20H,13-14H2,1-8H3,(H,31,35)(H2,29,30,32,33)/t16-,17?,20?/m0/s1. The van der Waals surface area contributed by atoms with Crippen LogP contribution in [0.15, 0.2) is 30.5 Å². The summed E-state index contributed by atoms with van der Waals surface area (Å²) in [5.41, 5.74) is 0.804. The Bertz CT molecular complexity index is 1110. The summed E-state index contributed by atoms with van der Waals surface area (Å²) < 4.78 is 18.6. The molecule has 0 spiro atoms. The molecule has 3 N–H and O–H groups in total. The van der Waals surface area contributed by atoms with Gasteiger partial charge in [-0.05, 0) is 76.1 Å². The van der Waals surface area contributed by atoms with E-state index in [-0.39, 0.29) is 23.2 Å². The van der Waals surface area contributed by atoms with Crippen LogP contribution in [-0.2, 0) is 14.9 Å². The number of carbonyl (C=O) groups excluding carboxylic acids is 2. The van der Waals surface area contributed by atoms with Crippen molar-refractivity contribution in [2.24, 2.45) is 5.92 Å². The smallest absolute Gasteiger partial charge is 0.410 e. The normalized spacial score (nSPS) is 18.3. The molecule has 1 atom stereocenters. The molecular weight excluding hydrogens is 475 g/mol. The van der Waals surface area contributed by atoms with Gasteiger partial charge in [-0.1, -0.05) is 13.8 Å². The molecule has 0 unspecified atom stereocenters. The van der Waals surface area contributed by atoms with Gasteiger partial charge in [0.05, 0.1) is 0 Å². The summed E-state index contributed by atoms with van der Waals surface area (Å²) in [6, 6.07) is 5.40. The molecule has 1 saturated carbocycles. The lowest BCUT2D eigenvalue weighted by Crippen LogP contribution is -2.55. The summed E-state index contributed by atoms with van der Waals surface area (Å²) in [5.74, 6) is 0.925. The maximum Gasteiger partial charge on any atom is 0.410 e. The molecule has 1 fully saturated rings. The Labute approximate surface area is 218 Å². The van der Waals surface area contributed by atoms with Gasteiger partial charge in [-0.15, -0.1) is 0 Å². The summed E-state index contributed by atoms with van der Waals surface area (Å²) in [5, 5.41) is 9.33. The van der Waals surface area contributed by atoms with Crippen LogP contribution in [0.3, 0.4) is 0 Å². The first-order valence-corrected chi connectivity index (χ1v) is 12.5. The Morgan fingerprint density at radius 3 is 2.32 bits per heavy atom. The first kappa shape index (κ1) is 28.1. The first-order valence-electron chi connectivity index (χ1n) is 12.5. The van der Waals surface area contributed by atoms with Crippen LogP contribution in [0, 0.1) is 11.7 Å². The van der Waals surface area contributed by atoms with Gasteiger partial charge < -0.3 is 20.7 Å². The van der Waals surface area contributed by atoms with Gasteiger partial charge in [0.15, 0.2) is 0 Å². The Morgan fingerprint density at radius 2 is 1.76 bits per heavy atom.